The molecule has 36 heavy (non-hydrogen) atoms. The van der Waals surface area contributed by atoms with E-state index in [1.54, 1.807) is 12.4 Å². The van der Waals surface area contributed by atoms with Gasteiger partial charge in [-0.15, -0.1) is 0 Å². The van der Waals surface area contributed by atoms with Crippen LogP contribution in [0.5, 0.6) is 0 Å². The number of aromatic nitrogens is 5. The lowest BCUT2D eigenvalue weighted by molar-refractivity contribution is -0.0458. The van der Waals surface area contributed by atoms with Crippen molar-refractivity contribution < 1.29 is 14.9 Å². The Morgan fingerprint density at radius 2 is 1.67 bits per heavy atom. The Kier molecular flexibility index (Phi) is 6.51. The fraction of sp³-hybridized carbons (Fsp3) is 0.192. The quantitative estimate of drug-likeness (QED) is 0.367. The van der Waals surface area contributed by atoms with Crippen molar-refractivity contribution >= 4 is 5.82 Å². The number of hydrogen-bond acceptors (Lipinski definition) is 9. The predicted octanol–water partition coefficient (Wildman–Crippen LogP) is 1.39. The molecule has 0 radical (unpaired) electrons. The summed E-state index contributed by atoms with van der Waals surface area (Å²) in [6.07, 6.45) is 2.51. The standard InChI is InChI=1S/C26H22N6O4/c27-25-17(14-32(26(35)31-25)24-13-22(34)23(15-33)36-24)8-7-16-11-20(18-5-1-3-9-28-18)30-21(12-16)19-6-2-4-10-29-19/h1-6,9-12,14,22-24,33-34H,13,15H2,(H2,27,31,35)/t22-,23+,24+/m0/s1. The summed E-state index contributed by atoms with van der Waals surface area (Å²) in [5, 5.41) is 19.4. The van der Waals surface area contributed by atoms with Gasteiger partial charge in [0.1, 0.15) is 18.1 Å². The number of ether oxygens (including phenoxy) is 1. The predicted molar refractivity (Wildman–Crippen MR) is 131 cm³/mol. The zero-order chi connectivity index (χ0) is 25.1. The van der Waals surface area contributed by atoms with E-state index in [0.717, 1.165) is 0 Å². The minimum absolute atomic E-state index is 0.0232. The summed E-state index contributed by atoms with van der Waals surface area (Å²) in [4.78, 5) is 29.8. The van der Waals surface area contributed by atoms with Gasteiger partial charge in [-0.05, 0) is 36.4 Å². The van der Waals surface area contributed by atoms with Crippen molar-refractivity contribution in [2.75, 3.05) is 12.3 Å². The molecule has 0 amide bonds. The third-order valence-corrected chi connectivity index (χ3v) is 5.70. The molecule has 0 unspecified atom stereocenters. The molecular formula is C26H22N6O4. The smallest absolute Gasteiger partial charge is 0.351 e. The maximum atomic E-state index is 12.4. The van der Waals surface area contributed by atoms with Gasteiger partial charge in [-0.25, -0.2) is 9.78 Å². The number of nitrogen functional groups attached to an aromatic ring is 1. The van der Waals surface area contributed by atoms with Crippen LogP contribution in [0.1, 0.15) is 23.8 Å². The highest BCUT2D eigenvalue weighted by Crippen LogP contribution is 2.28. The van der Waals surface area contributed by atoms with Gasteiger partial charge in [-0.3, -0.25) is 14.5 Å². The van der Waals surface area contributed by atoms with Crippen LogP contribution in [0.4, 0.5) is 5.82 Å². The molecule has 0 saturated carbocycles. The van der Waals surface area contributed by atoms with Crippen LogP contribution in [0.25, 0.3) is 22.8 Å². The molecule has 0 bridgehead atoms. The highest BCUT2D eigenvalue weighted by atomic mass is 16.5. The van der Waals surface area contributed by atoms with E-state index in [1.807, 2.05) is 48.5 Å². The zero-order valence-corrected chi connectivity index (χ0v) is 19.0. The second-order valence-electron chi connectivity index (χ2n) is 8.15. The SMILES string of the molecule is Nc1nc(=O)n([C@H]2C[C@H](O)[C@@H](CO)O2)cc1C#Cc1cc(-c2ccccn2)nc(-c2ccccn2)c1. The molecule has 1 fully saturated rings. The van der Waals surface area contributed by atoms with Crippen molar-refractivity contribution in [1.82, 2.24) is 24.5 Å². The normalized spacial score (nSPS) is 19.0. The molecule has 4 aromatic rings. The number of hydrogen-bond donors (Lipinski definition) is 3. The van der Waals surface area contributed by atoms with Crippen molar-refractivity contribution in [3.05, 3.63) is 88.7 Å². The van der Waals surface area contributed by atoms with E-state index in [4.69, 9.17) is 15.5 Å². The lowest BCUT2D eigenvalue weighted by atomic mass is 10.1. The average Bonchev–Trinajstić information content (AvgIpc) is 3.29. The first kappa shape index (κ1) is 23.3. The second kappa shape index (κ2) is 10.1. The number of pyridine rings is 3. The van der Waals surface area contributed by atoms with Crippen LogP contribution in [0.15, 0.2) is 71.9 Å². The van der Waals surface area contributed by atoms with Crippen LogP contribution in [0.3, 0.4) is 0 Å². The number of aliphatic hydroxyl groups is 2. The van der Waals surface area contributed by atoms with Gasteiger partial charge in [0.2, 0.25) is 0 Å². The fourth-order valence-corrected chi connectivity index (χ4v) is 3.87. The van der Waals surface area contributed by atoms with Gasteiger partial charge in [0.15, 0.2) is 0 Å². The third kappa shape index (κ3) is 4.85. The van der Waals surface area contributed by atoms with Crippen molar-refractivity contribution in [3.8, 4) is 34.6 Å². The van der Waals surface area contributed by atoms with Crippen LogP contribution in [0.2, 0.25) is 0 Å². The van der Waals surface area contributed by atoms with Gasteiger partial charge in [-0.1, -0.05) is 24.0 Å². The van der Waals surface area contributed by atoms with Gasteiger partial charge >= 0.3 is 5.69 Å². The van der Waals surface area contributed by atoms with Gasteiger partial charge in [0, 0.05) is 30.6 Å². The number of nitrogens with two attached hydrogens (primary N) is 1. The molecule has 5 rings (SSSR count). The molecule has 10 nitrogen and oxygen atoms in total. The van der Waals surface area contributed by atoms with E-state index in [0.29, 0.717) is 33.9 Å². The van der Waals surface area contributed by atoms with Crippen molar-refractivity contribution in [2.45, 2.75) is 24.9 Å². The maximum absolute atomic E-state index is 12.4. The lowest BCUT2D eigenvalue weighted by Crippen LogP contribution is -2.28. The Labute approximate surface area is 206 Å². The van der Waals surface area contributed by atoms with Crippen LogP contribution >= 0.6 is 0 Å². The van der Waals surface area contributed by atoms with Crippen molar-refractivity contribution in [2.24, 2.45) is 0 Å². The molecule has 0 spiro atoms. The first-order chi connectivity index (χ1) is 17.5. The zero-order valence-electron chi connectivity index (χ0n) is 19.0. The molecule has 10 heteroatoms. The summed E-state index contributed by atoms with van der Waals surface area (Å²) in [5.41, 5.74) is 8.93. The average molecular weight is 483 g/mol. The van der Waals surface area contributed by atoms with Gasteiger partial charge in [0.25, 0.3) is 0 Å². The summed E-state index contributed by atoms with van der Waals surface area (Å²) in [6.45, 7) is -0.360. The minimum atomic E-state index is -0.897. The fourth-order valence-electron chi connectivity index (χ4n) is 3.87. The number of aliphatic hydroxyl groups excluding tert-OH is 2. The van der Waals surface area contributed by atoms with E-state index in [2.05, 4.69) is 26.8 Å². The van der Waals surface area contributed by atoms with Gasteiger partial charge in [-0.2, -0.15) is 4.98 Å². The minimum Gasteiger partial charge on any atom is -0.394 e. The Morgan fingerprint density at radius 3 is 2.22 bits per heavy atom. The summed E-state index contributed by atoms with van der Waals surface area (Å²) in [5.74, 6) is 6.03. The van der Waals surface area contributed by atoms with Crippen LogP contribution in [-0.2, 0) is 4.74 Å². The molecule has 180 valence electrons. The van der Waals surface area contributed by atoms with Gasteiger partial charge < -0.3 is 20.7 Å². The van der Waals surface area contributed by atoms with E-state index >= 15 is 0 Å². The largest absolute Gasteiger partial charge is 0.394 e. The van der Waals surface area contributed by atoms with E-state index < -0.39 is 24.1 Å². The van der Waals surface area contributed by atoms with Crippen LogP contribution < -0.4 is 11.4 Å². The Morgan fingerprint density at radius 1 is 1.00 bits per heavy atom. The Balaban J connectivity index is 1.55. The molecule has 1 aliphatic heterocycles. The van der Waals surface area contributed by atoms with Crippen LogP contribution in [0, 0.1) is 11.8 Å². The lowest BCUT2D eigenvalue weighted by Gasteiger charge is -2.15. The van der Waals surface area contributed by atoms with Crippen molar-refractivity contribution in [3.63, 3.8) is 0 Å². The Hall–Kier alpha value is -4.43. The summed E-state index contributed by atoms with van der Waals surface area (Å²) >= 11 is 0. The molecule has 4 N–H and O–H groups in total. The van der Waals surface area contributed by atoms with Crippen LogP contribution in [-0.4, -0.2) is 53.5 Å². The third-order valence-electron chi connectivity index (χ3n) is 5.70. The highest BCUT2D eigenvalue weighted by Gasteiger charge is 2.35. The number of nitrogens with zero attached hydrogens (tertiary/aromatic N) is 5. The summed E-state index contributed by atoms with van der Waals surface area (Å²) in [6, 6.07) is 14.7. The molecule has 1 aliphatic rings. The molecular weight excluding hydrogens is 460 g/mol. The highest BCUT2D eigenvalue weighted by molar-refractivity contribution is 5.66. The molecule has 0 aromatic carbocycles. The second-order valence-corrected chi connectivity index (χ2v) is 8.15. The van der Waals surface area contributed by atoms with E-state index in [1.165, 1.54) is 10.8 Å². The molecule has 4 aromatic heterocycles. The number of anilines is 1. The monoisotopic (exact) mass is 482 g/mol. The molecule has 0 aliphatic carbocycles. The van der Waals surface area contributed by atoms with E-state index in [9.17, 15) is 15.0 Å². The van der Waals surface area contributed by atoms with E-state index in [-0.39, 0.29) is 18.8 Å². The first-order valence-electron chi connectivity index (χ1n) is 11.2. The molecule has 1 saturated heterocycles. The van der Waals surface area contributed by atoms with Crippen molar-refractivity contribution in [1.29, 1.82) is 0 Å². The summed E-state index contributed by atoms with van der Waals surface area (Å²) < 4.78 is 6.82. The molecule has 3 atom stereocenters. The van der Waals surface area contributed by atoms with Gasteiger partial charge in [0.05, 0.1) is 41.1 Å². The maximum Gasteiger partial charge on any atom is 0.351 e. The summed E-state index contributed by atoms with van der Waals surface area (Å²) in [7, 11) is 0. The number of rotatable bonds is 4. The molecule has 5 heterocycles. The first-order valence-corrected chi connectivity index (χ1v) is 11.2. The Bertz CT molecular complexity index is 1440. The topological polar surface area (TPSA) is 149 Å².